The zero-order valence-electron chi connectivity index (χ0n) is 54.2. The Labute approximate surface area is 508 Å². The third-order valence-electron chi connectivity index (χ3n) is 15.3. The van der Waals surface area contributed by atoms with E-state index >= 15 is 0 Å². The molecule has 0 aromatic rings. The van der Waals surface area contributed by atoms with Gasteiger partial charge < -0.3 is 14.2 Å². The van der Waals surface area contributed by atoms with Crippen molar-refractivity contribution in [2.75, 3.05) is 13.2 Å². The van der Waals surface area contributed by atoms with Crippen molar-refractivity contribution in [1.29, 1.82) is 0 Å². The zero-order chi connectivity index (χ0) is 59.2. The molecular formula is C76H132O6. The summed E-state index contributed by atoms with van der Waals surface area (Å²) in [5.74, 6) is -0.874. The molecule has 0 fully saturated rings. The molecule has 472 valence electrons. The first-order valence-corrected chi connectivity index (χ1v) is 35.2. The number of carbonyl (C=O) groups excluding carboxylic acids is 3. The van der Waals surface area contributed by atoms with Gasteiger partial charge in [-0.1, -0.05) is 323 Å². The number of ether oxygens (including phenoxy) is 3. The lowest BCUT2D eigenvalue weighted by molar-refractivity contribution is -0.167. The Morgan fingerprint density at radius 3 is 0.768 bits per heavy atom. The second kappa shape index (κ2) is 69.8. The maximum Gasteiger partial charge on any atom is 0.306 e. The molecule has 0 saturated heterocycles. The van der Waals surface area contributed by atoms with Gasteiger partial charge in [-0.2, -0.15) is 0 Å². The first-order valence-electron chi connectivity index (χ1n) is 35.2. The van der Waals surface area contributed by atoms with Gasteiger partial charge in [-0.25, -0.2) is 0 Å². The molecule has 82 heavy (non-hydrogen) atoms. The van der Waals surface area contributed by atoms with E-state index in [1.54, 1.807) is 0 Å². The van der Waals surface area contributed by atoms with Gasteiger partial charge in [0.15, 0.2) is 6.10 Å². The second-order valence-electron chi connectivity index (χ2n) is 23.4. The number of hydrogen-bond donors (Lipinski definition) is 0. The minimum absolute atomic E-state index is 0.0778. The highest BCUT2D eigenvalue weighted by atomic mass is 16.6. The van der Waals surface area contributed by atoms with Crippen LogP contribution >= 0.6 is 0 Å². The van der Waals surface area contributed by atoms with Crippen molar-refractivity contribution < 1.29 is 28.6 Å². The van der Waals surface area contributed by atoms with Gasteiger partial charge in [-0.15, -0.1) is 0 Å². The fraction of sp³-hybridized carbons (Fsp3) is 0.750. The molecule has 0 aromatic heterocycles. The lowest BCUT2D eigenvalue weighted by Crippen LogP contribution is -2.30. The Bertz CT molecular complexity index is 1590. The van der Waals surface area contributed by atoms with E-state index in [-0.39, 0.29) is 31.1 Å². The Morgan fingerprint density at radius 1 is 0.256 bits per heavy atom. The molecule has 0 radical (unpaired) electrons. The lowest BCUT2D eigenvalue weighted by atomic mass is 10.0. The molecule has 0 rings (SSSR count). The van der Waals surface area contributed by atoms with Crippen molar-refractivity contribution in [1.82, 2.24) is 0 Å². The first-order chi connectivity index (χ1) is 40.5. The molecule has 0 aromatic carbocycles. The highest BCUT2D eigenvalue weighted by Crippen LogP contribution is 2.17. The van der Waals surface area contributed by atoms with Crippen LogP contribution in [0.2, 0.25) is 0 Å². The van der Waals surface area contributed by atoms with Gasteiger partial charge in [0.05, 0.1) is 0 Å². The average Bonchev–Trinajstić information content (AvgIpc) is 3.47. The normalized spacial score (nSPS) is 12.7. The van der Waals surface area contributed by atoms with Crippen LogP contribution in [0.1, 0.15) is 348 Å². The predicted octanol–water partition coefficient (Wildman–Crippen LogP) is 24.4. The molecule has 0 heterocycles. The van der Waals surface area contributed by atoms with Gasteiger partial charge in [0, 0.05) is 19.3 Å². The van der Waals surface area contributed by atoms with E-state index in [2.05, 4.69) is 118 Å². The van der Waals surface area contributed by atoms with E-state index in [1.165, 1.54) is 193 Å². The average molecular weight is 1140 g/mol. The summed E-state index contributed by atoms with van der Waals surface area (Å²) in [5.41, 5.74) is 0. The van der Waals surface area contributed by atoms with Gasteiger partial charge in [0.1, 0.15) is 13.2 Å². The van der Waals surface area contributed by atoms with Crippen LogP contribution in [0.15, 0.2) is 97.2 Å². The van der Waals surface area contributed by atoms with Crippen molar-refractivity contribution in [2.45, 2.75) is 354 Å². The summed E-state index contributed by atoms with van der Waals surface area (Å²) in [6.45, 7) is 6.53. The van der Waals surface area contributed by atoms with E-state index in [0.29, 0.717) is 19.3 Å². The van der Waals surface area contributed by atoms with Crippen LogP contribution in [-0.2, 0) is 28.6 Å². The number of carbonyl (C=O) groups is 3. The van der Waals surface area contributed by atoms with Gasteiger partial charge in [0.2, 0.25) is 0 Å². The number of esters is 3. The van der Waals surface area contributed by atoms with Crippen LogP contribution in [0.3, 0.4) is 0 Å². The maximum absolute atomic E-state index is 12.9. The van der Waals surface area contributed by atoms with Crippen molar-refractivity contribution in [3.8, 4) is 0 Å². The Hall–Kier alpha value is -3.67. The van der Waals surface area contributed by atoms with E-state index in [4.69, 9.17) is 14.2 Å². The standard InChI is InChI=1S/C76H132O6/c1-4-7-10-13-16-19-22-25-28-30-31-32-33-34-35-36-37-38-39-40-41-42-43-44-45-46-49-51-54-57-60-63-66-69-75(78)81-72-73(71-80-74(77)68-65-62-59-56-53-50-47-27-24-21-18-15-12-9-6-3)82-76(79)70-67-64-61-58-55-52-48-29-26-23-20-17-14-11-8-5-2/h7,10,16,18-19,21,25,27-28,31-32,34-35,37-38,47,73H,4-6,8-9,11-15,17,20,22-24,26,29-30,33,36,39-46,48-72H2,1-3H3/b10-7-,19-16-,21-18-,28-25-,32-31-,35-34-,38-37-,47-27-. The largest absolute Gasteiger partial charge is 0.462 e. The van der Waals surface area contributed by atoms with Crippen LogP contribution in [0.25, 0.3) is 0 Å². The van der Waals surface area contributed by atoms with Crippen molar-refractivity contribution in [2.24, 2.45) is 0 Å². The number of rotatable bonds is 64. The Balaban J connectivity index is 4.21. The highest BCUT2D eigenvalue weighted by molar-refractivity contribution is 5.71. The molecule has 6 heteroatoms. The fourth-order valence-corrected chi connectivity index (χ4v) is 10.1. The smallest absolute Gasteiger partial charge is 0.306 e. The quantitative estimate of drug-likeness (QED) is 0.0261. The molecule has 0 aliphatic rings. The maximum atomic E-state index is 12.9. The van der Waals surface area contributed by atoms with Crippen molar-refractivity contribution in [3.05, 3.63) is 97.2 Å². The topological polar surface area (TPSA) is 78.9 Å². The van der Waals surface area contributed by atoms with Crippen LogP contribution < -0.4 is 0 Å². The van der Waals surface area contributed by atoms with Gasteiger partial charge in [0.25, 0.3) is 0 Å². The predicted molar refractivity (Wildman–Crippen MR) is 357 cm³/mol. The molecule has 0 aliphatic carbocycles. The summed E-state index contributed by atoms with van der Waals surface area (Å²) < 4.78 is 17.0. The van der Waals surface area contributed by atoms with E-state index in [1.807, 2.05) is 0 Å². The minimum atomic E-state index is -0.782. The minimum Gasteiger partial charge on any atom is -0.462 e. The Kier molecular flexibility index (Phi) is 66.7. The zero-order valence-corrected chi connectivity index (χ0v) is 54.2. The monoisotopic (exact) mass is 1140 g/mol. The van der Waals surface area contributed by atoms with Crippen LogP contribution in [-0.4, -0.2) is 37.2 Å². The highest BCUT2D eigenvalue weighted by Gasteiger charge is 2.19. The Morgan fingerprint density at radius 2 is 0.476 bits per heavy atom. The van der Waals surface area contributed by atoms with Crippen molar-refractivity contribution >= 4 is 17.9 Å². The van der Waals surface area contributed by atoms with Crippen LogP contribution in [0, 0.1) is 0 Å². The number of unbranched alkanes of at least 4 members (excludes halogenated alkanes) is 37. The van der Waals surface area contributed by atoms with E-state index in [9.17, 15) is 14.4 Å². The molecule has 0 saturated carbocycles. The molecule has 1 atom stereocenters. The summed E-state index contributed by atoms with van der Waals surface area (Å²) in [5, 5.41) is 0. The molecule has 0 amide bonds. The summed E-state index contributed by atoms with van der Waals surface area (Å²) in [4.78, 5) is 38.4. The van der Waals surface area contributed by atoms with Gasteiger partial charge in [-0.3, -0.25) is 14.4 Å². The summed E-state index contributed by atoms with van der Waals surface area (Å²) in [6.07, 6.45) is 94.3. The lowest BCUT2D eigenvalue weighted by Gasteiger charge is -2.18. The van der Waals surface area contributed by atoms with Crippen LogP contribution in [0.5, 0.6) is 0 Å². The third-order valence-corrected chi connectivity index (χ3v) is 15.3. The van der Waals surface area contributed by atoms with Crippen LogP contribution in [0.4, 0.5) is 0 Å². The molecular weight excluding hydrogens is 1010 g/mol. The van der Waals surface area contributed by atoms with Gasteiger partial charge >= 0.3 is 17.9 Å². The molecule has 6 nitrogen and oxygen atoms in total. The second-order valence-corrected chi connectivity index (χ2v) is 23.4. The van der Waals surface area contributed by atoms with Crippen molar-refractivity contribution in [3.63, 3.8) is 0 Å². The molecule has 0 bridgehead atoms. The first kappa shape index (κ1) is 78.3. The molecule has 1 unspecified atom stereocenters. The van der Waals surface area contributed by atoms with Gasteiger partial charge in [-0.05, 0) is 103 Å². The summed E-state index contributed by atoms with van der Waals surface area (Å²) in [6, 6.07) is 0. The summed E-state index contributed by atoms with van der Waals surface area (Å²) in [7, 11) is 0. The molecule has 0 N–H and O–H groups in total. The third kappa shape index (κ3) is 67.1. The molecule has 0 aliphatic heterocycles. The van der Waals surface area contributed by atoms with E-state index < -0.39 is 6.10 Å². The SMILES string of the molecule is CC/C=C\C/C=C\C/C=C\C/C=C\C/C=C\C/C=C\CCCCCCCCCCCCCCCCC(=O)OCC(COC(=O)CCCCCCC/C=C\C/C=C\CCCCC)OC(=O)CCCCCCCCCCCCCCCCCC. The fourth-order valence-electron chi connectivity index (χ4n) is 10.1. The number of hydrogen-bond acceptors (Lipinski definition) is 6. The summed E-state index contributed by atoms with van der Waals surface area (Å²) >= 11 is 0. The molecule has 0 spiro atoms. The number of allylic oxidation sites excluding steroid dienone is 16. The van der Waals surface area contributed by atoms with E-state index in [0.717, 1.165) is 116 Å².